The monoisotopic (exact) mass is 225 g/mol. The highest BCUT2D eigenvalue weighted by Gasteiger charge is 2.44. The summed E-state index contributed by atoms with van der Waals surface area (Å²) >= 11 is 0. The molecule has 2 rings (SSSR count). The van der Waals surface area contributed by atoms with Crippen molar-refractivity contribution in [3.05, 3.63) is 0 Å². The van der Waals surface area contributed by atoms with Gasteiger partial charge in [-0.05, 0) is 45.6 Å². The number of likely N-dealkylation sites (tertiary alicyclic amines) is 1. The van der Waals surface area contributed by atoms with E-state index in [9.17, 15) is 9.90 Å². The maximum atomic E-state index is 11.3. The predicted molar refractivity (Wildman–Crippen MR) is 63.3 cm³/mol. The second kappa shape index (κ2) is 4.74. The van der Waals surface area contributed by atoms with Crippen LogP contribution in [0.4, 0.5) is 0 Å². The first-order valence-corrected chi connectivity index (χ1v) is 6.60. The molecule has 2 atom stereocenters. The van der Waals surface area contributed by atoms with Gasteiger partial charge in [-0.25, -0.2) is 0 Å². The molecule has 1 saturated heterocycles. The number of carboxylic acids is 1. The highest BCUT2D eigenvalue weighted by atomic mass is 16.4. The number of carboxylic acid groups (broad SMARTS) is 1. The molecule has 0 amide bonds. The van der Waals surface area contributed by atoms with Gasteiger partial charge in [0.2, 0.25) is 0 Å². The van der Waals surface area contributed by atoms with Crippen LogP contribution in [0.1, 0.15) is 46.0 Å². The van der Waals surface area contributed by atoms with Crippen molar-refractivity contribution in [1.29, 1.82) is 0 Å². The zero-order valence-electron chi connectivity index (χ0n) is 10.4. The van der Waals surface area contributed by atoms with Gasteiger partial charge in [0.15, 0.2) is 0 Å². The van der Waals surface area contributed by atoms with E-state index in [1.807, 2.05) is 0 Å². The molecule has 0 aromatic carbocycles. The van der Waals surface area contributed by atoms with Crippen LogP contribution in [-0.4, -0.2) is 34.6 Å². The number of aliphatic carboxylic acids is 1. The van der Waals surface area contributed by atoms with E-state index in [1.165, 1.54) is 25.7 Å². The smallest absolute Gasteiger partial charge is 0.308 e. The van der Waals surface area contributed by atoms with Crippen LogP contribution in [0.2, 0.25) is 0 Å². The minimum absolute atomic E-state index is 0.120. The lowest BCUT2D eigenvalue weighted by molar-refractivity contribution is -0.143. The van der Waals surface area contributed by atoms with Crippen molar-refractivity contribution in [2.24, 2.45) is 11.8 Å². The van der Waals surface area contributed by atoms with E-state index in [-0.39, 0.29) is 5.92 Å². The molecule has 0 radical (unpaired) electrons. The number of carbonyl (C=O) groups is 1. The van der Waals surface area contributed by atoms with E-state index in [4.69, 9.17) is 0 Å². The lowest BCUT2D eigenvalue weighted by Crippen LogP contribution is -2.44. The minimum atomic E-state index is -0.583. The van der Waals surface area contributed by atoms with Crippen molar-refractivity contribution in [2.45, 2.75) is 58.0 Å². The van der Waals surface area contributed by atoms with Crippen LogP contribution in [0.5, 0.6) is 0 Å². The Morgan fingerprint density at radius 2 is 1.88 bits per heavy atom. The summed E-state index contributed by atoms with van der Waals surface area (Å²) in [5, 5.41) is 9.32. The van der Waals surface area contributed by atoms with Gasteiger partial charge in [0.05, 0.1) is 5.92 Å². The molecular formula is C13H23NO2. The third-order valence-corrected chi connectivity index (χ3v) is 4.36. The number of nitrogens with zero attached hydrogens (tertiary/aromatic N) is 1. The molecule has 2 aliphatic rings. The standard InChI is InChI=1S/C13H23NO2/c1-9(2)14-8-7-11(13(15)16)12(14)10-5-3-4-6-10/h9-12H,3-8H2,1-2H3,(H,15,16)/t11-,12+/m0/s1. The minimum Gasteiger partial charge on any atom is -0.481 e. The summed E-state index contributed by atoms with van der Waals surface area (Å²) in [4.78, 5) is 13.7. The van der Waals surface area contributed by atoms with Gasteiger partial charge in [-0.3, -0.25) is 9.69 Å². The van der Waals surface area contributed by atoms with Gasteiger partial charge in [-0.1, -0.05) is 12.8 Å². The molecule has 1 saturated carbocycles. The van der Waals surface area contributed by atoms with E-state index in [0.717, 1.165) is 13.0 Å². The lowest BCUT2D eigenvalue weighted by Gasteiger charge is -2.34. The lowest BCUT2D eigenvalue weighted by atomic mass is 9.87. The Hall–Kier alpha value is -0.570. The van der Waals surface area contributed by atoms with Crippen molar-refractivity contribution in [3.8, 4) is 0 Å². The molecule has 1 N–H and O–H groups in total. The Bertz CT molecular complexity index is 259. The highest BCUT2D eigenvalue weighted by Crippen LogP contribution is 2.39. The van der Waals surface area contributed by atoms with Crippen molar-refractivity contribution < 1.29 is 9.90 Å². The van der Waals surface area contributed by atoms with Crippen molar-refractivity contribution in [3.63, 3.8) is 0 Å². The van der Waals surface area contributed by atoms with Gasteiger partial charge in [0.25, 0.3) is 0 Å². The number of hydrogen-bond donors (Lipinski definition) is 1. The van der Waals surface area contributed by atoms with Crippen LogP contribution < -0.4 is 0 Å². The molecule has 0 bridgehead atoms. The Balaban J connectivity index is 2.14. The molecule has 2 fully saturated rings. The summed E-state index contributed by atoms with van der Waals surface area (Å²) in [6.45, 7) is 5.34. The van der Waals surface area contributed by atoms with Crippen molar-refractivity contribution >= 4 is 5.97 Å². The number of hydrogen-bond acceptors (Lipinski definition) is 2. The van der Waals surface area contributed by atoms with Gasteiger partial charge >= 0.3 is 5.97 Å². The van der Waals surface area contributed by atoms with Gasteiger partial charge in [0, 0.05) is 12.1 Å². The number of rotatable bonds is 3. The SMILES string of the molecule is CC(C)N1CC[C@H](C(=O)O)[C@H]1C1CCCC1. The van der Waals surface area contributed by atoms with Crippen LogP contribution in [0.15, 0.2) is 0 Å². The second-order valence-corrected chi connectivity index (χ2v) is 5.60. The van der Waals surface area contributed by atoms with Crippen LogP contribution >= 0.6 is 0 Å². The average Bonchev–Trinajstić information content (AvgIpc) is 2.85. The maximum absolute atomic E-state index is 11.3. The maximum Gasteiger partial charge on any atom is 0.308 e. The predicted octanol–water partition coefficient (Wildman–Crippen LogP) is 2.36. The summed E-state index contributed by atoms with van der Waals surface area (Å²) in [5.41, 5.74) is 0. The Morgan fingerprint density at radius 1 is 1.25 bits per heavy atom. The van der Waals surface area contributed by atoms with Crippen molar-refractivity contribution in [1.82, 2.24) is 4.90 Å². The Kier molecular flexibility index (Phi) is 3.53. The van der Waals surface area contributed by atoms with Crippen LogP contribution in [0.25, 0.3) is 0 Å². The molecular weight excluding hydrogens is 202 g/mol. The molecule has 1 aliphatic heterocycles. The fraction of sp³-hybridized carbons (Fsp3) is 0.923. The van der Waals surface area contributed by atoms with E-state index in [0.29, 0.717) is 18.0 Å². The quantitative estimate of drug-likeness (QED) is 0.801. The summed E-state index contributed by atoms with van der Waals surface area (Å²) in [6, 6.07) is 0.787. The first kappa shape index (κ1) is 11.9. The molecule has 92 valence electrons. The highest BCUT2D eigenvalue weighted by molar-refractivity contribution is 5.71. The molecule has 0 aromatic rings. The zero-order chi connectivity index (χ0) is 11.7. The second-order valence-electron chi connectivity index (χ2n) is 5.60. The normalized spacial score (nSPS) is 32.7. The molecule has 16 heavy (non-hydrogen) atoms. The molecule has 1 aliphatic carbocycles. The first-order valence-electron chi connectivity index (χ1n) is 6.60. The summed E-state index contributed by atoms with van der Waals surface area (Å²) < 4.78 is 0. The first-order chi connectivity index (χ1) is 7.61. The van der Waals surface area contributed by atoms with Gasteiger partial charge in [-0.15, -0.1) is 0 Å². The fourth-order valence-corrected chi connectivity index (χ4v) is 3.61. The molecule has 0 aromatic heterocycles. The largest absolute Gasteiger partial charge is 0.481 e. The topological polar surface area (TPSA) is 40.5 Å². The van der Waals surface area contributed by atoms with Gasteiger partial charge in [0.1, 0.15) is 0 Å². The third kappa shape index (κ3) is 2.10. The van der Waals surface area contributed by atoms with E-state index >= 15 is 0 Å². The fourth-order valence-electron chi connectivity index (χ4n) is 3.61. The van der Waals surface area contributed by atoms with E-state index < -0.39 is 5.97 Å². The molecule has 3 heteroatoms. The molecule has 0 unspecified atom stereocenters. The zero-order valence-corrected chi connectivity index (χ0v) is 10.4. The van der Waals surface area contributed by atoms with Gasteiger partial charge in [-0.2, -0.15) is 0 Å². The van der Waals surface area contributed by atoms with Crippen LogP contribution in [0, 0.1) is 11.8 Å². The van der Waals surface area contributed by atoms with E-state index in [2.05, 4.69) is 18.7 Å². The molecule has 1 heterocycles. The molecule has 3 nitrogen and oxygen atoms in total. The van der Waals surface area contributed by atoms with Crippen LogP contribution in [-0.2, 0) is 4.79 Å². The average molecular weight is 225 g/mol. The van der Waals surface area contributed by atoms with Crippen molar-refractivity contribution in [2.75, 3.05) is 6.54 Å². The molecule has 0 spiro atoms. The van der Waals surface area contributed by atoms with E-state index in [1.54, 1.807) is 0 Å². The summed E-state index contributed by atoms with van der Waals surface area (Å²) in [6.07, 6.45) is 5.89. The van der Waals surface area contributed by atoms with Crippen LogP contribution in [0.3, 0.4) is 0 Å². The Morgan fingerprint density at radius 3 is 2.38 bits per heavy atom. The van der Waals surface area contributed by atoms with Gasteiger partial charge < -0.3 is 5.11 Å². The Labute approximate surface area is 97.8 Å². The third-order valence-electron chi connectivity index (χ3n) is 4.36. The summed E-state index contributed by atoms with van der Waals surface area (Å²) in [7, 11) is 0. The summed E-state index contributed by atoms with van der Waals surface area (Å²) in [5.74, 6) is -0.0726.